The smallest absolute Gasteiger partial charge is 0.264 e. The third-order valence-electron chi connectivity index (χ3n) is 1.88. The van der Waals surface area contributed by atoms with E-state index in [9.17, 15) is 24.6 Å². The number of halogens is 1. The van der Waals surface area contributed by atoms with Gasteiger partial charge in [0.25, 0.3) is 5.70 Å². The largest absolute Gasteiger partial charge is 0.282 e. The van der Waals surface area contributed by atoms with Gasteiger partial charge in [0, 0.05) is 11.3 Å². The summed E-state index contributed by atoms with van der Waals surface area (Å²) in [6.45, 7) is 0. The number of hydrogen-bond donors (Lipinski definition) is 0. The van der Waals surface area contributed by atoms with Gasteiger partial charge in [0.2, 0.25) is 6.04 Å². The van der Waals surface area contributed by atoms with Gasteiger partial charge in [-0.05, 0) is 6.42 Å². The van der Waals surface area contributed by atoms with E-state index in [0.29, 0.717) is 0 Å². The molecule has 0 aliphatic heterocycles. The molecule has 0 fully saturated rings. The van der Waals surface area contributed by atoms with Gasteiger partial charge in [0.1, 0.15) is 0 Å². The Labute approximate surface area is 72.3 Å². The lowest BCUT2D eigenvalue weighted by Crippen LogP contribution is -2.27. The van der Waals surface area contributed by atoms with Crippen LogP contribution in [-0.2, 0) is 0 Å². The number of hydrogen-bond acceptors (Lipinski definition) is 4. The fourth-order valence-corrected chi connectivity index (χ4v) is 1.19. The van der Waals surface area contributed by atoms with Gasteiger partial charge >= 0.3 is 0 Å². The van der Waals surface area contributed by atoms with Crippen LogP contribution in [0.3, 0.4) is 0 Å². The average molecular weight is 190 g/mol. The predicted octanol–water partition coefficient (Wildman–Crippen LogP) is 0.924. The van der Waals surface area contributed by atoms with Crippen LogP contribution in [0.4, 0.5) is 4.39 Å². The molecule has 13 heavy (non-hydrogen) atoms. The van der Waals surface area contributed by atoms with Crippen molar-refractivity contribution in [3.8, 4) is 0 Å². The fraction of sp³-hybridized carbons (Fsp3) is 0.667. The van der Waals surface area contributed by atoms with E-state index in [4.69, 9.17) is 0 Å². The molecule has 1 rings (SSSR count). The van der Waals surface area contributed by atoms with Crippen LogP contribution in [0.2, 0.25) is 0 Å². The average Bonchev–Trinajstić information content (AvgIpc) is 2.04. The lowest BCUT2D eigenvalue weighted by Gasteiger charge is -2.13. The summed E-state index contributed by atoms with van der Waals surface area (Å²) in [5, 5.41) is 20.5. The fourth-order valence-electron chi connectivity index (χ4n) is 1.19. The molecule has 6 nitrogen and oxygen atoms in total. The maximum Gasteiger partial charge on any atom is 0.282 e. The monoisotopic (exact) mass is 190 g/mol. The highest BCUT2D eigenvalue weighted by Crippen LogP contribution is 2.23. The van der Waals surface area contributed by atoms with Crippen molar-refractivity contribution < 1.29 is 14.2 Å². The van der Waals surface area contributed by atoms with E-state index in [0.717, 1.165) is 6.08 Å². The maximum absolute atomic E-state index is 12.8. The summed E-state index contributed by atoms with van der Waals surface area (Å²) >= 11 is 0. The highest BCUT2D eigenvalue weighted by atomic mass is 19.1. The topological polar surface area (TPSA) is 86.3 Å². The minimum atomic E-state index is -1.67. The van der Waals surface area contributed by atoms with Gasteiger partial charge in [0.05, 0.1) is 11.0 Å². The van der Waals surface area contributed by atoms with E-state index >= 15 is 0 Å². The minimum absolute atomic E-state index is 0.0194. The van der Waals surface area contributed by atoms with Crippen molar-refractivity contribution in [1.29, 1.82) is 0 Å². The van der Waals surface area contributed by atoms with Gasteiger partial charge in [-0.25, -0.2) is 4.39 Å². The first-order chi connectivity index (χ1) is 6.02. The number of alkyl halides is 1. The Kier molecular flexibility index (Phi) is 2.54. The zero-order valence-corrected chi connectivity index (χ0v) is 6.55. The van der Waals surface area contributed by atoms with E-state index in [-0.39, 0.29) is 12.8 Å². The first-order valence-electron chi connectivity index (χ1n) is 3.66. The Bertz CT molecular complexity index is 278. The van der Waals surface area contributed by atoms with Gasteiger partial charge < -0.3 is 0 Å². The van der Waals surface area contributed by atoms with Crippen molar-refractivity contribution in [1.82, 2.24) is 0 Å². The van der Waals surface area contributed by atoms with E-state index in [2.05, 4.69) is 0 Å². The standard InChI is InChI=1S/C6H7FN2O4/c7-5-2-1-4(8(10)11)3-6(5)9(12)13/h3-5H,1-2H2. The second-order valence-corrected chi connectivity index (χ2v) is 2.75. The molecule has 1 aliphatic carbocycles. The molecule has 0 aromatic carbocycles. The molecule has 72 valence electrons. The number of allylic oxidation sites excluding steroid dienone is 1. The summed E-state index contributed by atoms with van der Waals surface area (Å²) in [7, 11) is 0. The van der Waals surface area contributed by atoms with Gasteiger partial charge in [0.15, 0.2) is 6.17 Å². The third kappa shape index (κ3) is 1.98. The molecule has 0 aromatic rings. The molecule has 0 spiro atoms. The van der Waals surface area contributed by atoms with Gasteiger partial charge in [-0.3, -0.25) is 20.2 Å². The molecule has 0 radical (unpaired) electrons. The summed E-state index contributed by atoms with van der Waals surface area (Å²) in [5.41, 5.74) is -0.687. The lowest BCUT2D eigenvalue weighted by atomic mass is 9.99. The van der Waals surface area contributed by atoms with Crippen LogP contribution in [0.5, 0.6) is 0 Å². The Morgan fingerprint density at radius 1 is 1.38 bits per heavy atom. The summed E-state index contributed by atoms with van der Waals surface area (Å²) in [5.74, 6) is 0. The SMILES string of the molecule is O=[N+]([O-])C1=CC([N+](=O)[O-])CCC1F. The molecule has 7 heteroatoms. The van der Waals surface area contributed by atoms with E-state index in [1.54, 1.807) is 0 Å². The predicted molar refractivity (Wildman–Crippen MR) is 40.0 cm³/mol. The molecular formula is C6H7FN2O4. The van der Waals surface area contributed by atoms with Crippen molar-refractivity contribution in [3.05, 3.63) is 32.0 Å². The summed E-state index contributed by atoms with van der Waals surface area (Å²) in [6, 6.07) is -1.12. The van der Waals surface area contributed by atoms with Crippen LogP contribution in [0, 0.1) is 20.2 Å². The van der Waals surface area contributed by atoms with Crippen LogP contribution in [-0.4, -0.2) is 22.1 Å². The number of nitro groups is 2. The second-order valence-electron chi connectivity index (χ2n) is 2.75. The zero-order valence-electron chi connectivity index (χ0n) is 6.55. The quantitative estimate of drug-likeness (QED) is 0.478. The number of nitrogens with zero attached hydrogens (tertiary/aromatic N) is 2. The highest BCUT2D eigenvalue weighted by molar-refractivity contribution is 5.06. The first-order valence-corrected chi connectivity index (χ1v) is 3.66. The highest BCUT2D eigenvalue weighted by Gasteiger charge is 2.35. The van der Waals surface area contributed by atoms with Gasteiger partial charge in [-0.2, -0.15) is 0 Å². The van der Waals surface area contributed by atoms with Crippen LogP contribution in [0.25, 0.3) is 0 Å². The molecule has 0 amide bonds. The molecule has 0 saturated carbocycles. The summed E-state index contributed by atoms with van der Waals surface area (Å²) < 4.78 is 12.8. The zero-order chi connectivity index (χ0) is 10.0. The van der Waals surface area contributed by atoms with Crippen LogP contribution in [0.15, 0.2) is 11.8 Å². The Balaban J connectivity index is 2.88. The maximum atomic E-state index is 12.8. The van der Waals surface area contributed by atoms with Crippen molar-refractivity contribution in [3.63, 3.8) is 0 Å². The lowest BCUT2D eigenvalue weighted by molar-refractivity contribution is -0.516. The molecule has 1 aliphatic rings. The first kappa shape index (κ1) is 9.56. The van der Waals surface area contributed by atoms with Crippen molar-refractivity contribution in [2.24, 2.45) is 0 Å². The van der Waals surface area contributed by atoms with E-state index in [1.165, 1.54) is 0 Å². The molecule has 2 unspecified atom stereocenters. The Morgan fingerprint density at radius 3 is 2.46 bits per heavy atom. The Morgan fingerprint density at radius 2 is 2.00 bits per heavy atom. The molecular weight excluding hydrogens is 183 g/mol. The van der Waals surface area contributed by atoms with Crippen molar-refractivity contribution >= 4 is 0 Å². The van der Waals surface area contributed by atoms with Crippen LogP contribution >= 0.6 is 0 Å². The minimum Gasteiger partial charge on any atom is -0.264 e. The normalized spacial score (nSPS) is 27.9. The van der Waals surface area contributed by atoms with Crippen LogP contribution < -0.4 is 0 Å². The summed E-state index contributed by atoms with van der Waals surface area (Å²) in [4.78, 5) is 18.9. The van der Waals surface area contributed by atoms with Crippen LogP contribution in [0.1, 0.15) is 12.8 Å². The van der Waals surface area contributed by atoms with Gasteiger partial charge in [-0.15, -0.1) is 0 Å². The third-order valence-corrected chi connectivity index (χ3v) is 1.88. The Hall–Kier alpha value is -1.53. The molecule has 2 atom stereocenters. The molecule has 0 N–H and O–H groups in total. The van der Waals surface area contributed by atoms with E-state index < -0.39 is 27.8 Å². The molecule has 0 aromatic heterocycles. The van der Waals surface area contributed by atoms with Gasteiger partial charge in [-0.1, -0.05) is 0 Å². The molecule has 0 bridgehead atoms. The van der Waals surface area contributed by atoms with Crippen molar-refractivity contribution in [2.75, 3.05) is 0 Å². The molecule has 0 saturated heterocycles. The summed E-state index contributed by atoms with van der Waals surface area (Å²) in [6.07, 6.45) is -1.02. The van der Waals surface area contributed by atoms with E-state index in [1.807, 2.05) is 0 Å². The van der Waals surface area contributed by atoms with Crippen molar-refractivity contribution in [2.45, 2.75) is 25.1 Å². The molecule has 0 heterocycles. The second kappa shape index (κ2) is 3.46. The number of rotatable bonds is 2.